The van der Waals surface area contributed by atoms with E-state index < -0.39 is 0 Å². The summed E-state index contributed by atoms with van der Waals surface area (Å²) in [4.78, 5) is 30.7. The van der Waals surface area contributed by atoms with Gasteiger partial charge < -0.3 is 14.7 Å². The van der Waals surface area contributed by atoms with E-state index in [9.17, 15) is 9.59 Å². The van der Waals surface area contributed by atoms with Gasteiger partial charge >= 0.3 is 0 Å². The second kappa shape index (κ2) is 6.76. The first-order valence-electron chi connectivity index (χ1n) is 7.84. The molecular weight excluding hydrogens is 356 g/mol. The third kappa shape index (κ3) is 3.25. The minimum atomic E-state index is -0.350. The molecule has 0 radical (unpaired) electrons. The molecule has 0 saturated carbocycles. The number of carbonyl (C=O) groups excluding carboxylic acids is 2. The van der Waals surface area contributed by atoms with E-state index in [1.54, 1.807) is 52.2 Å². The molecule has 2 aromatic heterocycles. The van der Waals surface area contributed by atoms with Gasteiger partial charge in [-0.2, -0.15) is 0 Å². The minimum absolute atomic E-state index is 0.247. The topological polar surface area (TPSA) is 88.3 Å². The van der Waals surface area contributed by atoms with Crippen LogP contribution in [-0.2, 0) is 0 Å². The van der Waals surface area contributed by atoms with Gasteiger partial charge in [0.15, 0.2) is 0 Å². The lowest BCUT2D eigenvalue weighted by Crippen LogP contribution is -2.22. The first kappa shape index (κ1) is 17.9. The maximum Gasteiger partial charge on any atom is 0.258 e. The van der Waals surface area contributed by atoms with Crippen molar-refractivity contribution in [1.29, 1.82) is 0 Å². The van der Waals surface area contributed by atoms with Gasteiger partial charge in [0.25, 0.3) is 17.5 Å². The van der Waals surface area contributed by atoms with Gasteiger partial charge in [-0.25, -0.2) is 4.98 Å². The zero-order chi connectivity index (χ0) is 19.0. The largest absolute Gasteiger partial charge is 0.345 e. The van der Waals surface area contributed by atoms with Crippen molar-refractivity contribution in [2.45, 2.75) is 13.8 Å². The van der Waals surface area contributed by atoms with Crippen LogP contribution >= 0.6 is 11.6 Å². The number of anilines is 1. The Hall–Kier alpha value is -2.93. The SMILES string of the molecule is Cc1cc(C(=O)Nc2ccc(Cl)c(C(=O)N(C)C)c2)c2c(C)noc2n1. The molecular formula is C18H17ClN4O3. The van der Waals surface area contributed by atoms with Crippen LogP contribution in [0.1, 0.15) is 32.1 Å². The molecule has 0 aliphatic rings. The maximum absolute atomic E-state index is 12.8. The molecule has 0 aliphatic carbocycles. The lowest BCUT2D eigenvalue weighted by atomic mass is 10.1. The van der Waals surface area contributed by atoms with Crippen molar-refractivity contribution in [3.05, 3.63) is 51.8 Å². The summed E-state index contributed by atoms with van der Waals surface area (Å²) in [7, 11) is 3.27. The summed E-state index contributed by atoms with van der Waals surface area (Å²) in [5.74, 6) is -0.597. The number of aryl methyl sites for hydroxylation is 2. The Bertz CT molecular complexity index is 1030. The summed E-state index contributed by atoms with van der Waals surface area (Å²) in [6.45, 7) is 3.51. The number of fused-ring (bicyclic) bond motifs is 1. The van der Waals surface area contributed by atoms with Crippen molar-refractivity contribution in [3.8, 4) is 0 Å². The monoisotopic (exact) mass is 372 g/mol. The Balaban J connectivity index is 1.98. The Kier molecular flexibility index (Phi) is 4.65. The van der Waals surface area contributed by atoms with E-state index in [2.05, 4.69) is 15.5 Å². The van der Waals surface area contributed by atoms with Gasteiger partial charge in [0.2, 0.25) is 0 Å². The normalized spacial score (nSPS) is 10.8. The van der Waals surface area contributed by atoms with Gasteiger partial charge in [0.1, 0.15) is 0 Å². The van der Waals surface area contributed by atoms with Crippen LogP contribution < -0.4 is 5.32 Å². The quantitative estimate of drug-likeness (QED) is 0.760. The Morgan fingerprint density at radius 1 is 1.15 bits per heavy atom. The maximum atomic E-state index is 12.8. The fourth-order valence-corrected chi connectivity index (χ4v) is 2.80. The number of hydrogen-bond acceptors (Lipinski definition) is 5. The van der Waals surface area contributed by atoms with Gasteiger partial charge in [0, 0.05) is 25.5 Å². The second-order valence-electron chi connectivity index (χ2n) is 6.11. The van der Waals surface area contributed by atoms with E-state index in [0.717, 1.165) is 0 Å². The van der Waals surface area contributed by atoms with Crippen molar-refractivity contribution in [3.63, 3.8) is 0 Å². The van der Waals surface area contributed by atoms with Crippen LogP contribution in [0.2, 0.25) is 5.02 Å². The zero-order valence-corrected chi connectivity index (χ0v) is 15.5. The van der Waals surface area contributed by atoms with Gasteiger partial charge in [-0.3, -0.25) is 9.59 Å². The number of amides is 2. The molecule has 7 nitrogen and oxygen atoms in total. The van der Waals surface area contributed by atoms with Crippen molar-refractivity contribution >= 4 is 40.2 Å². The van der Waals surface area contributed by atoms with Gasteiger partial charge in [-0.15, -0.1) is 0 Å². The number of aromatic nitrogens is 2. The first-order chi connectivity index (χ1) is 12.3. The van der Waals surface area contributed by atoms with E-state index in [4.69, 9.17) is 16.1 Å². The van der Waals surface area contributed by atoms with E-state index in [1.807, 2.05) is 0 Å². The summed E-state index contributed by atoms with van der Waals surface area (Å²) >= 11 is 6.10. The highest BCUT2D eigenvalue weighted by Gasteiger charge is 2.19. The number of halogens is 1. The fraction of sp³-hybridized carbons (Fsp3) is 0.222. The molecule has 0 fully saturated rings. The Labute approximate surface area is 154 Å². The molecule has 0 bridgehead atoms. The molecule has 0 aliphatic heterocycles. The highest BCUT2D eigenvalue weighted by atomic mass is 35.5. The number of carbonyl (C=O) groups is 2. The highest BCUT2D eigenvalue weighted by Crippen LogP contribution is 2.25. The van der Waals surface area contributed by atoms with Crippen molar-refractivity contribution in [1.82, 2.24) is 15.0 Å². The van der Waals surface area contributed by atoms with Crippen LogP contribution in [0, 0.1) is 13.8 Å². The molecule has 1 N–H and O–H groups in total. The van der Waals surface area contributed by atoms with Crippen LogP contribution in [0.15, 0.2) is 28.8 Å². The summed E-state index contributed by atoms with van der Waals surface area (Å²) in [5, 5.41) is 7.54. The lowest BCUT2D eigenvalue weighted by Gasteiger charge is -2.13. The average Bonchev–Trinajstić information content (AvgIpc) is 2.95. The van der Waals surface area contributed by atoms with Crippen molar-refractivity contribution in [2.24, 2.45) is 0 Å². The van der Waals surface area contributed by atoms with Gasteiger partial charge in [-0.05, 0) is 38.1 Å². The average molecular weight is 373 g/mol. The van der Waals surface area contributed by atoms with Gasteiger partial charge in [-0.1, -0.05) is 16.8 Å². The van der Waals surface area contributed by atoms with E-state index in [1.165, 1.54) is 4.90 Å². The third-order valence-electron chi connectivity index (χ3n) is 3.85. The smallest absolute Gasteiger partial charge is 0.258 e. The molecule has 2 heterocycles. The zero-order valence-electron chi connectivity index (χ0n) is 14.8. The third-order valence-corrected chi connectivity index (χ3v) is 4.18. The number of nitrogens with one attached hydrogen (secondary N) is 1. The molecule has 0 spiro atoms. The number of benzene rings is 1. The van der Waals surface area contributed by atoms with Crippen molar-refractivity contribution in [2.75, 3.05) is 19.4 Å². The number of nitrogens with zero attached hydrogens (tertiary/aromatic N) is 3. The molecule has 0 saturated heterocycles. The first-order valence-corrected chi connectivity index (χ1v) is 8.22. The van der Waals surface area contributed by atoms with E-state index >= 15 is 0 Å². The molecule has 3 aromatic rings. The molecule has 1 aromatic carbocycles. The van der Waals surface area contributed by atoms with Crippen LogP contribution in [0.5, 0.6) is 0 Å². The number of rotatable bonds is 3. The standard InChI is InChI=1S/C18H17ClN4O3/c1-9-7-13(15-10(2)22-26-17(15)20-9)16(24)21-11-5-6-14(19)12(8-11)18(25)23(3)4/h5-8H,1-4H3,(H,21,24). The molecule has 26 heavy (non-hydrogen) atoms. The Morgan fingerprint density at radius 2 is 1.88 bits per heavy atom. The minimum Gasteiger partial charge on any atom is -0.345 e. The fourth-order valence-electron chi connectivity index (χ4n) is 2.60. The number of pyridine rings is 1. The van der Waals surface area contributed by atoms with Crippen molar-refractivity contribution < 1.29 is 14.1 Å². The summed E-state index contributed by atoms with van der Waals surface area (Å²) in [6, 6.07) is 6.43. The number of hydrogen-bond donors (Lipinski definition) is 1. The highest BCUT2D eigenvalue weighted by molar-refractivity contribution is 6.34. The predicted octanol–water partition coefficient (Wildman–Crippen LogP) is 3.45. The predicted molar refractivity (Wildman–Crippen MR) is 98.7 cm³/mol. The molecule has 8 heteroatoms. The molecule has 0 atom stereocenters. The van der Waals surface area contributed by atoms with Crippen LogP contribution in [0.25, 0.3) is 11.1 Å². The van der Waals surface area contributed by atoms with E-state index in [-0.39, 0.29) is 11.8 Å². The lowest BCUT2D eigenvalue weighted by molar-refractivity contribution is 0.0827. The van der Waals surface area contributed by atoms with Crippen LogP contribution in [0.3, 0.4) is 0 Å². The summed E-state index contributed by atoms with van der Waals surface area (Å²) < 4.78 is 5.15. The molecule has 134 valence electrons. The molecule has 2 amide bonds. The van der Waals surface area contributed by atoms with E-state index in [0.29, 0.717) is 44.3 Å². The molecule has 3 rings (SSSR count). The Morgan fingerprint density at radius 3 is 2.58 bits per heavy atom. The van der Waals surface area contributed by atoms with Crippen LogP contribution in [-0.4, -0.2) is 41.0 Å². The van der Waals surface area contributed by atoms with Crippen LogP contribution in [0.4, 0.5) is 5.69 Å². The molecule has 0 unspecified atom stereocenters. The van der Waals surface area contributed by atoms with Gasteiger partial charge in [0.05, 0.1) is 27.2 Å². The second-order valence-corrected chi connectivity index (χ2v) is 6.51. The summed E-state index contributed by atoms with van der Waals surface area (Å²) in [5.41, 5.74) is 2.71. The summed E-state index contributed by atoms with van der Waals surface area (Å²) in [6.07, 6.45) is 0.